The second-order valence-corrected chi connectivity index (χ2v) is 9.31. The number of benzene rings is 3. The van der Waals surface area contributed by atoms with Crippen molar-refractivity contribution >= 4 is 33.0 Å². The Morgan fingerprint density at radius 1 is 1.00 bits per heavy atom. The number of methoxy groups -OCH3 is 2. The summed E-state index contributed by atoms with van der Waals surface area (Å²) in [5, 5.41) is 13.6. The number of sulfone groups is 1. The maximum Gasteiger partial charge on any atom is 0.266 e. The molecule has 166 valence electrons. The van der Waals surface area contributed by atoms with Gasteiger partial charge in [0.15, 0.2) is 5.60 Å². The van der Waals surface area contributed by atoms with Crippen LogP contribution in [0.4, 0.5) is 10.1 Å². The van der Waals surface area contributed by atoms with Crippen LogP contribution in [0.5, 0.6) is 11.5 Å². The molecule has 1 aliphatic rings. The van der Waals surface area contributed by atoms with Gasteiger partial charge < -0.3 is 19.9 Å². The lowest BCUT2D eigenvalue weighted by Gasteiger charge is -2.22. The summed E-state index contributed by atoms with van der Waals surface area (Å²) >= 11 is 6.19. The number of anilines is 1. The van der Waals surface area contributed by atoms with Gasteiger partial charge in [-0.15, -0.1) is 0 Å². The number of fused-ring (bicyclic) bond motifs is 1. The van der Waals surface area contributed by atoms with E-state index in [-0.39, 0.29) is 37.4 Å². The summed E-state index contributed by atoms with van der Waals surface area (Å²) in [7, 11) is -1.58. The van der Waals surface area contributed by atoms with Gasteiger partial charge in [-0.05, 0) is 30.3 Å². The fourth-order valence-electron chi connectivity index (χ4n) is 3.67. The van der Waals surface area contributed by atoms with E-state index >= 15 is 0 Å². The molecule has 0 aliphatic carbocycles. The standard InChI is InChI=1S/C22H17ClFNO6S/c1-30-13-7-8-18(17(11-13)31-2)32(28,29)19-10-12(23)9-15-20(19)25-21(26)22(15,27)14-5-3-4-6-16(14)24/h3-11,27H,1-2H3,(H,25,26). The average molecular weight is 478 g/mol. The molecule has 0 bridgehead atoms. The van der Waals surface area contributed by atoms with Crippen LogP contribution < -0.4 is 14.8 Å². The molecule has 0 radical (unpaired) electrons. The number of hydrogen-bond acceptors (Lipinski definition) is 6. The molecule has 7 nitrogen and oxygen atoms in total. The highest BCUT2D eigenvalue weighted by Gasteiger charge is 2.50. The Morgan fingerprint density at radius 3 is 2.38 bits per heavy atom. The van der Waals surface area contributed by atoms with Gasteiger partial charge in [-0.1, -0.05) is 29.8 Å². The number of halogens is 2. The van der Waals surface area contributed by atoms with E-state index in [9.17, 15) is 22.7 Å². The van der Waals surface area contributed by atoms with E-state index in [1.807, 2.05) is 0 Å². The molecular weight excluding hydrogens is 461 g/mol. The predicted octanol–water partition coefficient (Wildman–Crippen LogP) is 3.52. The summed E-state index contributed by atoms with van der Waals surface area (Å²) in [6, 6.07) is 11.7. The number of carbonyl (C=O) groups excluding carboxylic acids is 1. The van der Waals surface area contributed by atoms with Gasteiger partial charge in [0.05, 0.1) is 24.8 Å². The van der Waals surface area contributed by atoms with Crippen molar-refractivity contribution in [2.24, 2.45) is 0 Å². The highest BCUT2D eigenvalue weighted by Crippen LogP contribution is 2.47. The molecule has 3 aromatic carbocycles. The first-order valence-electron chi connectivity index (χ1n) is 9.24. The molecule has 32 heavy (non-hydrogen) atoms. The predicted molar refractivity (Wildman–Crippen MR) is 114 cm³/mol. The van der Waals surface area contributed by atoms with Crippen molar-refractivity contribution in [1.29, 1.82) is 0 Å². The van der Waals surface area contributed by atoms with Crippen LogP contribution in [0.3, 0.4) is 0 Å². The Balaban J connectivity index is 1.98. The fraction of sp³-hybridized carbons (Fsp3) is 0.136. The van der Waals surface area contributed by atoms with Gasteiger partial charge in [-0.3, -0.25) is 4.79 Å². The Morgan fingerprint density at radius 2 is 1.72 bits per heavy atom. The first-order valence-corrected chi connectivity index (χ1v) is 11.1. The Bertz CT molecular complexity index is 1360. The average Bonchev–Trinajstić information content (AvgIpc) is 3.03. The molecule has 0 saturated carbocycles. The molecule has 4 rings (SSSR count). The third kappa shape index (κ3) is 3.21. The van der Waals surface area contributed by atoms with Crippen molar-refractivity contribution in [3.63, 3.8) is 0 Å². The maximum absolute atomic E-state index is 14.5. The summed E-state index contributed by atoms with van der Waals surface area (Å²) in [5.74, 6) is -1.46. The summed E-state index contributed by atoms with van der Waals surface area (Å²) in [5.41, 5.74) is -3.17. The molecule has 0 aromatic heterocycles. The van der Waals surface area contributed by atoms with Gasteiger partial charge in [0.2, 0.25) is 9.84 Å². The zero-order valence-corrected chi connectivity index (χ0v) is 18.4. The van der Waals surface area contributed by atoms with Gasteiger partial charge >= 0.3 is 0 Å². The molecule has 1 heterocycles. The van der Waals surface area contributed by atoms with Crippen molar-refractivity contribution in [1.82, 2.24) is 0 Å². The van der Waals surface area contributed by atoms with Gasteiger partial charge in [-0.25, -0.2) is 12.8 Å². The number of hydrogen-bond donors (Lipinski definition) is 2. The number of carbonyl (C=O) groups is 1. The molecule has 3 aromatic rings. The van der Waals surface area contributed by atoms with E-state index in [1.54, 1.807) is 0 Å². The lowest BCUT2D eigenvalue weighted by atomic mass is 9.87. The van der Waals surface area contributed by atoms with Crippen molar-refractivity contribution < 1.29 is 32.2 Å². The van der Waals surface area contributed by atoms with E-state index < -0.39 is 27.2 Å². The minimum atomic E-state index is -4.30. The lowest BCUT2D eigenvalue weighted by Crippen LogP contribution is -2.36. The smallest absolute Gasteiger partial charge is 0.266 e. The van der Waals surface area contributed by atoms with Crippen molar-refractivity contribution in [3.05, 3.63) is 76.6 Å². The highest BCUT2D eigenvalue weighted by atomic mass is 35.5. The largest absolute Gasteiger partial charge is 0.497 e. The second kappa shape index (κ2) is 7.77. The first kappa shape index (κ1) is 22.1. The molecule has 0 fully saturated rings. The van der Waals surface area contributed by atoms with E-state index in [0.29, 0.717) is 5.75 Å². The summed E-state index contributed by atoms with van der Waals surface area (Å²) in [6.45, 7) is 0. The molecule has 1 amide bonds. The monoisotopic (exact) mass is 477 g/mol. The minimum Gasteiger partial charge on any atom is -0.497 e. The minimum absolute atomic E-state index is 0.00626. The number of rotatable bonds is 5. The van der Waals surface area contributed by atoms with E-state index in [0.717, 1.165) is 12.1 Å². The fourth-order valence-corrected chi connectivity index (χ4v) is 5.56. The molecule has 0 spiro atoms. The molecule has 10 heteroatoms. The molecule has 1 atom stereocenters. The summed E-state index contributed by atoms with van der Waals surface area (Å²) < 4.78 is 51.9. The van der Waals surface area contributed by atoms with Crippen LogP contribution in [0.2, 0.25) is 5.02 Å². The van der Waals surface area contributed by atoms with Crippen molar-refractivity contribution in [2.75, 3.05) is 19.5 Å². The molecule has 2 N–H and O–H groups in total. The number of aliphatic hydroxyl groups is 1. The zero-order valence-electron chi connectivity index (χ0n) is 16.8. The van der Waals surface area contributed by atoms with E-state index in [1.165, 1.54) is 56.7 Å². The third-order valence-corrected chi connectivity index (χ3v) is 7.27. The van der Waals surface area contributed by atoms with Crippen LogP contribution in [-0.4, -0.2) is 33.7 Å². The highest BCUT2D eigenvalue weighted by molar-refractivity contribution is 7.91. The van der Waals surface area contributed by atoms with Crippen LogP contribution in [0.25, 0.3) is 0 Å². The Labute approximate surface area is 188 Å². The van der Waals surface area contributed by atoms with Crippen LogP contribution in [0.15, 0.2) is 64.4 Å². The number of amides is 1. The van der Waals surface area contributed by atoms with Gasteiger partial charge in [-0.2, -0.15) is 0 Å². The Hall–Kier alpha value is -3.14. The molecular formula is C22H17ClFNO6S. The van der Waals surface area contributed by atoms with Gasteiger partial charge in [0.25, 0.3) is 5.91 Å². The third-order valence-electron chi connectivity index (χ3n) is 5.24. The molecule has 1 unspecified atom stereocenters. The number of nitrogens with one attached hydrogen (secondary N) is 1. The lowest BCUT2D eigenvalue weighted by molar-refractivity contribution is -0.129. The van der Waals surface area contributed by atoms with E-state index in [4.69, 9.17) is 21.1 Å². The van der Waals surface area contributed by atoms with Gasteiger partial charge in [0, 0.05) is 22.2 Å². The quantitative estimate of drug-likeness (QED) is 0.583. The first-order chi connectivity index (χ1) is 15.1. The van der Waals surface area contributed by atoms with Crippen molar-refractivity contribution in [2.45, 2.75) is 15.4 Å². The summed E-state index contributed by atoms with van der Waals surface area (Å²) in [6.07, 6.45) is 0. The number of ether oxygens (including phenoxy) is 2. The van der Waals surface area contributed by atoms with E-state index in [2.05, 4.69) is 5.32 Å². The van der Waals surface area contributed by atoms with Gasteiger partial charge in [0.1, 0.15) is 22.2 Å². The molecule has 0 saturated heterocycles. The second-order valence-electron chi connectivity index (χ2n) is 6.99. The topological polar surface area (TPSA) is 102 Å². The normalized spacial score (nSPS) is 17.6. The zero-order chi connectivity index (χ0) is 23.3. The van der Waals surface area contributed by atoms with Crippen LogP contribution in [0.1, 0.15) is 11.1 Å². The maximum atomic E-state index is 14.5. The van der Waals surface area contributed by atoms with Crippen molar-refractivity contribution in [3.8, 4) is 11.5 Å². The summed E-state index contributed by atoms with van der Waals surface area (Å²) in [4.78, 5) is 12.3. The van der Waals surface area contributed by atoms with Crippen LogP contribution in [0, 0.1) is 5.82 Å². The van der Waals surface area contributed by atoms with Crippen LogP contribution in [-0.2, 0) is 20.2 Å². The SMILES string of the molecule is COc1ccc(S(=O)(=O)c2cc(Cl)cc3c2NC(=O)C3(O)c2ccccc2F)c(OC)c1. The van der Waals surface area contributed by atoms with Crippen LogP contribution >= 0.6 is 11.6 Å². The Kier molecular flexibility index (Phi) is 5.36. The molecule has 1 aliphatic heterocycles.